The quantitative estimate of drug-likeness (QED) is 0.528. The van der Waals surface area contributed by atoms with E-state index in [1.807, 2.05) is 38.1 Å². The minimum Gasteiger partial charge on any atom is -0.493 e. The molecule has 0 bridgehead atoms. The molecule has 0 spiro atoms. The van der Waals surface area contributed by atoms with E-state index in [0.29, 0.717) is 23.6 Å². The normalized spacial score (nSPS) is 18.7. The second kappa shape index (κ2) is 9.03. The van der Waals surface area contributed by atoms with Crippen LogP contribution in [0.1, 0.15) is 46.2 Å². The van der Waals surface area contributed by atoms with E-state index in [2.05, 4.69) is 10.4 Å². The number of esters is 1. The zero-order valence-corrected chi connectivity index (χ0v) is 20.4. The van der Waals surface area contributed by atoms with E-state index in [9.17, 15) is 14.4 Å². The summed E-state index contributed by atoms with van der Waals surface area (Å²) in [6, 6.07) is 12.0. The number of nitrogens with one attached hydrogen (secondary N) is 1. The topological polar surface area (TPSA) is 112 Å². The van der Waals surface area contributed by atoms with Crippen LogP contribution in [0.4, 0.5) is 5.82 Å². The predicted molar refractivity (Wildman–Crippen MR) is 129 cm³/mol. The Balaban J connectivity index is 1.45. The van der Waals surface area contributed by atoms with Crippen molar-refractivity contribution in [3.05, 3.63) is 64.8 Å². The van der Waals surface area contributed by atoms with Gasteiger partial charge in [0.05, 0.1) is 25.6 Å². The molecule has 10 heteroatoms. The summed E-state index contributed by atoms with van der Waals surface area (Å²) in [5, 5.41) is 7.42. The van der Waals surface area contributed by atoms with Crippen LogP contribution < -0.4 is 14.8 Å². The van der Waals surface area contributed by atoms with E-state index in [0.717, 1.165) is 16.9 Å². The smallest absolute Gasteiger partial charge is 0.344 e. The summed E-state index contributed by atoms with van der Waals surface area (Å²) in [5.41, 5.74) is 3.27. The van der Waals surface area contributed by atoms with E-state index >= 15 is 0 Å². The first kappa shape index (κ1) is 23.4. The fraction of sp³-hybridized carbons (Fsp3) is 0.308. The lowest BCUT2D eigenvalue weighted by Crippen LogP contribution is -2.44. The van der Waals surface area contributed by atoms with Gasteiger partial charge in [-0.1, -0.05) is 17.7 Å². The van der Waals surface area contributed by atoms with Crippen molar-refractivity contribution in [3.63, 3.8) is 0 Å². The molecule has 2 aliphatic heterocycles. The van der Waals surface area contributed by atoms with Crippen LogP contribution in [-0.2, 0) is 14.3 Å². The highest BCUT2D eigenvalue weighted by Crippen LogP contribution is 2.45. The highest BCUT2D eigenvalue weighted by Gasteiger charge is 2.48. The number of carbonyl (C=O) groups excluding carboxylic acids is 3. The fourth-order valence-electron chi connectivity index (χ4n) is 4.72. The van der Waals surface area contributed by atoms with Crippen LogP contribution in [0.2, 0.25) is 0 Å². The molecular formula is C26H26N4O6. The number of likely N-dealkylation sites (tertiary alicyclic amines) is 1. The number of carbonyl (C=O) groups is 3. The van der Waals surface area contributed by atoms with Gasteiger partial charge in [0.2, 0.25) is 18.0 Å². The summed E-state index contributed by atoms with van der Waals surface area (Å²) < 4.78 is 17.9. The number of ether oxygens (including phenoxy) is 3. The highest BCUT2D eigenvalue weighted by molar-refractivity contribution is 6.01. The molecule has 0 radical (unpaired) electrons. The number of rotatable bonds is 6. The molecule has 1 fully saturated rings. The second-order valence-electron chi connectivity index (χ2n) is 8.79. The van der Waals surface area contributed by atoms with Crippen molar-refractivity contribution in [1.29, 1.82) is 0 Å². The van der Waals surface area contributed by atoms with Crippen LogP contribution in [0.3, 0.4) is 0 Å². The van der Waals surface area contributed by atoms with Crippen molar-refractivity contribution >= 4 is 23.6 Å². The molecule has 3 heterocycles. The van der Waals surface area contributed by atoms with Crippen molar-refractivity contribution < 1.29 is 28.6 Å². The highest BCUT2D eigenvalue weighted by atomic mass is 16.6. The SMILES string of the molecule is COc1ccc2c(c1OC)C(=O)OC2N1C(=O)CCC1C(=O)Nc1cc(C)nn1-c1ccc(C)cc1. The standard InChI is InChI=1S/C26H26N4O6/c1-14-5-7-16(8-6-14)30-20(13-15(2)28-30)27-24(32)18-10-12-21(31)29(18)25-17-9-11-19(34-3)23(35-4)22(17)26(33)36-25/h5-9,11,13,18,25H,10,12H2,1-4H3,(H,27,32). The average Bonchev–Trinajstić information content (AvgIpc) is 3.53. The predicted octanol–water partition coefficient (Wildman–Crippen LogP) is 3.31. The molecule has 36 heavy (non-hydrogen) atoms. The Morgan fingerprint density at radius 2 is 1.83 bits per heavy atom. The Kier molecular flexibility index (Phi) is 5.87. The third kappa shape index (κ3) is 3.84. The number of benzene rings is 2. The summed E-state index contributed by atoms with van der Waals surface area (Å²) >= 11 is 0. The van der Waals surface area contributed by atoms with Gasteiger partial charge in [-0.25, -0.2) is 9.48 Å². The first-order valence-electron chi connectivity index (χ1n) is 11.5. The first-order valence-corrected chi connectivity index (χ1v) is 11.5. The molecule has 1 N–H and O–H groups in total. The van der Waals surface area contributed by atoms with E-state index in [1.54, 1.807) is 22.9 Å². The molecule has 1 aromatic heterocycles. The van der Waals surface area contributed by atoms with Gasteiger partial charge in [0.25, 0.3) is 0 Å². The Morgan fingerprint density at radius 1 is 1.08 bits per heavy atom. The van der Waals surface area contributed by atoms with Crippen LogP contribution in [0.15, 0.2) is 42.5 Å². The number of hydrogen-bond acceptors (Lipinski definition) is 7. The molecule has 0 saturated carbocycles. The van der Waals surface area contributed by atoms with Crippen molar-refractivity contribution in [1.82, 2.24) is 14.7 Å². The molecule has 0 aliphatic carbocycles. The lowest BCUT2D eigenvalue weighted by molar-refractivity contribution is -0.144. The largest absolute Gasteiger partial charge is 0.493 e. The van der Waals surface area contributed by atoms with Gasteiger partial charge in [-0.15, -0.1) is 0 Å². The molecule has 3 aromatic rings. The molecule has 1 saturated heterocycles. The van der Waals surface area contributed by atoms with Crippen molar-refractivity contribution in [2.45, 2.75) is 39.0 Å². The van der Waals surface area contributed by atoms with Gasteiger partial charge < -0.3 is 19.5 Å². The molecule has 2 aromatic carbocycles. The van der Waals surface area contributed by atoms with Crippen molar-refractivity contribution in [3.8, 4) is 17.2 Å². The molecule has 2 atom stereocenters. The number of amides is 2. The second-order valence-corrected chi connectivity index (χ2v) is 8.79. The van der Waals surface area contributed by atoms with Crippen molar-refractivity contribution in [2.24, 2.45) is 0 Å². The molecule has 186 valence electrons. The maximum absolute atomic E-state index is 13.5. The van der Waals surface area contributed by atoms with Crippen molar-refractivity contribution in [2.75, 3.05) is 19.5 Å². The minimum atomic E-state index is -1.04. The third-order valence-corrected chi connectivity index (χ3v) is 6.44. The summed E-state index contributed by atoms with van der Waals surface area (Å²) in [5.74, 6) is -0.227. The number of aromatic nitrogens is 2. The summed E-state index contributed by atoms with van der Waals surface area (Å²) in [7, 11) is 2.89. The van der Waals surface area contributed by atoms with Crippen LogP contribution in [0.5, 0.6) is 11.5 Å². The Morgan fingerprint density at radius 3 is 2.53 bits per heavy atom. The zero-order chi connectivity index (χ0) is 25.6. The van der Waals surface area contributed by atoms with Gasteiger partial charge >= 0.3 is 5.97 Å². The van der Waals surface area contributed by atoms with Crippen LogP contribution in [-0.4, -0.2) is 52.7 Å². The number of nitrogens with zero attached hydrogens (tertiary/aromatic N) is 3. The maximum atomic E-state index is 13.5. The van der Waals surface area contributed by atoms with E-state index < -0.39 is 18.2 Å². The number of aryl methyl sites for hydroxylation is 2. The number of fused-ring (bicyclic) bond motifs is 1. The Hall–Kier alpha value is -4.34. The first-order chi connectivity index (χ1) is 17.3. The monoisotopic (exact) mass is 490 g/mol. The molecule has 2 unspecified atom stereocenters. The van der Waals surface area contributed by atoms with Gasteiger partial charge in [-0.05, 0) is 44.5 Å². The zero-order valence-electron chi connectivity index (χ0n) is 20.4. The number of methoxy groups -OCH3 is 2. The van der Waals surface area contributed by atoms with E-state index in [4.69, 9.17) is 14.2 Å². The third-order valence-electron chi connectivity index (χ3n) is 6.44. The van der Waals surface area contributed by atoms with E-state index in [1.165, 1.54) is 19.1 Å². The van der Waals surface area contributed by atoms with Gasteiger partial charge in [-0.3, -0.25) is 14.5 Å². The molecule has 10 nitrogen and oxygen atoms in total. The number of cyclic esters (lactones) is 1. The molecule has 2 aliphatic rings. The van der Waals surface area contributed by atoms with Crippen LogP contribution in [0.25, 0.3) is 5.69 Å². The lowest BCUT2D eigenvalue weighted by Gasteiger charge is -2.29. The van der Waals surface area contributed by atoms with Gasteiger partial charge in [-0.2, -0.15) is 5.10 Å². The van der Waals surface area contributed by atoms with Gasteiger partial charge in [0, 0.05) is 18.1 Å². The Labute approximate surface area is 207 Å². The summed E-state index contributed by atoms with van der Waals surface area (Å²) in [6.45, 7) is 3.83. The van der Waals surface area contributed by atoms with E-state index in [-0.39, 0.29) is 29.5 Å². The summed E-state index contributed by atoms with van der Waals surface area (Å²) in [4.78, 5) is 40.5. The van der Waals surface area contributed by atoms with Gasteiger partial charge in [0.1, 0.15) is 17.4 Å². The molecule has 2 amide bonds. The minimum absolute atomic E-state index is 0.158. The summed E-state index contributed by atoms with van der Waals surface area (Å²) in [6.07, 6.45) is -0.592. The van der Waals surface area contributed by atoms with Crippen LogP contribution >= 0.6 is 0 Å². The molecule has 5 rings (SSSR count). The van der Waals surface area contributed by atoms with Crippen LogP contribution in [0, 0.1) is 13.8 Å². The number of anilines is 1. The average molecular weight is 491 g/mol. The molecular weight excluding hydrogens is 464 g/mol. The Bertz CT molecular complexity index is 1360. The van der Waals surface area contributed by atoms with Gasteiger partial charge in [0.15, 0.2) is 11.5 Å². The fourth-order valence-corrected chi connectivity index (χ4v) is 4.72. The number of hydrogen-bond donors (Lipinski definition) is 1. The lowest BCUT2D eigenvalue weighted by atomic mass is 10.1. The maximum Gasteiger partial charge on any atom is 0.344 e.